The third-order valence-corrected chi connectivity index (χ3v) is 3.77. The van der Waals surface area contributed by atoms with E-state index in [9.17, 15) is 4.79 Å². The molecule has 1 saturated heterocycles. The highest BCUT2D eigenvalue weighted by atomic mass is 16.5. The largest absolute Gasteiger partial charge is 0.465 e. The average Bonchev–Trinajstić information content (AvgIpc) is 2.88. The van der Waals surface area contributed by atoms with Crippen LogP contribution in [0.4, 0.5) is 5.69 Å². The summed E-state index contributed by atoms with van der Waals surface area (Å²) in [4.78, 5) is 14.0. The summed E-state index contributed by atoms with van der Waals surface area (Å²) in [6.07, 6.45) is 2.35. The van der Waals surface area contributed by atoms with Crippen LogP contribution in [-0.2, 0) is 16.0 Å². The molecule has 0 radical (unpaired) electrons. The minimum atomic E-state index is -0.390. The topological polar surface area (TPSA) is 64.8 Å². The van der Waals surface area contributed by atoms with Crippen LogP contribution >= 0.6 is 0 Å². The maximum Gasteiger partial charge on any atom is 0.339 e. The van der Waals surface area contributed by atoms with E-state index in [1.54, 1.807) is 13.2 Å². The van der Waals surface area contributed by atoms with E-state index in [1.807, 2.05) is 12.1 Å². The van der Waals surface area contributed by atoms with E-state index in [0.717, 1.165) is 31.7 Å². The zero-order chi connectivity index (χ0) is 14.5. The first kappa shape index (κ1) is 14.8. The van der Waals surface area contributed by atoms with E-state index in [4.69, 9.17) is 15.2 Å². The molecule has 2 N–H and O–H groups in total. The molecule has 0 aliphatic carbocycles. The Morgan fingerprint density at radius 2 is 2.25 bits per heavy atom. The highest BCUT2D eigenvalue weighted by molar-refractivity contribution is 5.95. The molecule has 0 spiro atoms. The number of likely N-dealkylation sites (tertiary alicyclic amines) is 1. The van der Waals surface area contributed by atoms with Gasteiger partial charge in [0.15, 0.2) is 0 Å². The molecular weight excluding hydrogens is 256 g/mol. The van der Waals surface area contributed by atoms with Crippen LogP contribution in [-0.4, -0.2) is 44.3 Å². The van der Waals surface area contributed by atoms with Crippen LogP contribution in [0.15, 0.2) is 18.2 Å². The molecule has 20 heavy (non-hydrogen) atoms. The van der Waals surface area contributed by atoms with Crippen molar-refractivity contribution in [2.75, 3.05) is 33.1 Å². The molecule has 0 bridgehead atoms. The number of nitrogen functional groups attached to an aromatic ring is 1. The van der Waals surface area contributed by atoms with Crippen molar-refractivity contribution in [3.05, 3.63) is 29.3 Å². The number of hydrogen-bond donors (Lipinski definition) is 1. The van der Waals surface area contributed by atoms with Crippen LogP contribution in [0.3, 0.4) is 0 Å². The van der Waals surface area contributed by atoms with Crippen molar-refractivity contribution < 1.29 is 14.3 Å². The fourth-order valence-corrected chi connectivity index (χ4v) is 2.71. The van der Waals surface area contributed by atoms with E-state index in [1.165, 1.54) is 13.5 Å². The van der Waals surface area contributed by atoms with Gasteiger partial charge in [-0.05, 0) is 37.1 Å². The van der Waals surface area contributed by atoms with Gasteiger partial charge in [-0.1, -0.05) is 6.07 Å². The van der Waals surface area contributed by atoms with E-state index in [-0.39, 0.29) is 5.97 Å². The van der Waals surface area contributed by atoms with Crippen molar-refractivity contribution in [2.24, 2.45) is 0 Å². The molecule has 1 aromatic carbocycles. The quantitative estimate of drug-likeness (QED) is 0.655. The zero-order valence-corrected chi connectivity index (χ0v) is 12.1. The SMILES string of the molecule is COC[C@H]1CCCN1Cc1ccc(N)c(C(=O)OC)c1. The number of nitrogens with zero attached hydrogens (tertiary/aromatic N) is 1. The molecule has 5 nitrogen and oxygen atoms in total. The van der Waals surface area contributed by atoms with E-state index < -0.39 is 0 Å². The summed E-state index contributed by atoms with van der Waals surface area (Å²) < 4.78 is 10.0. The molecule has 1 fully saturated rings. The molecule has 0 unspecified atom stereocenters. The van der Waals surface area contributed by atoms with Crippen molar-refractivity contribution in [2.45, 2.75) is 25.4 Å². The van der Waals surface area contributed by atoms with Gasteiger partial charge in [0.05, 0.1) is 19.3 Å². The lowest BCUT2D eigenvalue weighted by molar-refractivity contribution is 0.0601. The normalized spacial score (nSPS) is 19.2. The second-order valence-electron chi connectivity index (χ2n) is 5.14. The number of carbonyl (C=O) groups excluding carboxylic acids is 1. The number of ether oxygens (including phenoxy) is 2. The van der Waals surface area contributed by atoms with Gasteiger partial charge in [0.1, 0.15) is 0 Å². The average molecular weight is 278 g/mol. The van der Waals surface area contributed by atoms with Gasteiger partial charge in [-0.15, -0.1) is 0 Å². The fraction of sp³-hybridized carbons (Fsp3) is 0.533. The minimum Gasteiger partial charge on any atom is -0.465 e. The molecule has 0 saturated carbocycles. The van der Waals surface area contributed by atoms with E-state index in [0.29, 0.717) is 17.3 Å². The lowest BCUT2D eigenvalue weighted by Gasteiger charge is -2.24. The number of nitrogens with two attached hydrogens (primary N) is 1. The third-order valence-electron chi connectivity index (χ3n) is 3.77. The first-order valence-corrected chi connectivity index (χ1v) is 6.85. The van der Waals surface area contributed by atoms with E-state index in [2.05, 4.69) is 4.90 Å². The summed E-state index contributed by atoms with van der Waals surface area (Å²) in [6.45, 7) is 2.61. The maximum absolute atomic E-state index is 11.7. The molecule has 2 rings (SSSR count). The number of esters is 1. The first-order valence-electron chi connectivity index (χ1n) is 6.85. The lowest BCUT2D eigenvalue weighted by atomic mass is 10.1. The van der Waals surface area contributed by atoms with E-state index >= 15 is 0 Å². The fourth-order valence-electron chi connectivity index (χ4n) is 2.71. The molecule has 1 aliphatic rings. The molecule has 1 aliphatic heterocycles. The number of anilines is 1. The van der Waals surface area contributed by atoms with Crippen molar-refractivity contribution in [3.8, 4) is 0 Å². The summed E-state index contributed by atoms with van der Waals surface area (Å²) in [5, 5.41) is 0. The van der Waals surface area contributed by atoms with Gasteiger partial charge < -0.3 is 15.2 Å². The summed E-state index contributed by atoms with van der Waals surface area (Å²) in [6, 6.07) is 6.01. The number of methoxy groups -OCH3 is 2. The van der Waals surface area contributed by atoms with Gasteiger partial charge in [0.25, 0.3) is 0 Å². The molecule has 5 heteroatoms. The monoisotopic (exact) mass is 278 g/mol. The Labute approximate surface area is 119 Å². The molecular formula is C15H22N2O3. The second-order valence-corrected chi connectivity index (χ2v) is 5.14. The van der Waals surface area contributed by atoms with Gasteiger partial charge in [-0.3, -0.25) is 4.90 Å². The predicted octanol–water partition coefficient (Wildman–Crippen LogP) is 1.67. The Morgan fingerprint density at radius 1 is 1.45 bits per heavy atom. The van der Waals surface area contributed by atoms with Crippen LogP contribution in [0.1, 0.15) is 28.8 Å². The Balaban J connectivity index is 2.11. The van der Waals surface area contributed by atoms with Gasteiger partial charge in [0, 0.05) is 25.4 Å². The van der Waals surface area contributed by atoms with Crippen molar-refractivity contribution in [3.63, 3.8) is 0 Å². The third kappa shape index (κ3) is 3.29. The van der Waals surface area contributed by atoms with Crippen LogP contribution in [0.5, 0.6) is 0 Å². The summed E-state index contributed by atoms with van der Waals surface area (Å²) in [5.41, 5.74) is 7.78. The minimum absolute atomic E-state index is 0.390. The van der Waals surface area contributed by atoms with Gasteiger partial charge in [0.2, 0.25) is 0 Å². The molecule has 1 heterocycles. The van der Waals surface area contributed by atoms with Crippen molar-refractivity contribution in [1.82, 2.24) is 4.90 Å². The Hall–Kier alpha value is -1.59. The van der Waals surface area contributed by atoms with Crippen molar-refractivity contribution >= 4 is 11.7 Å². The number of hydrogen-bond acceptors (Lipinski definition) is 5. The maximum atomic E-state index is 11.7. The Bertz CT molecular complexity index is 476. The number of benzene rings is 1. The first-order chi connectivity index (χ1) is 9.65. The van der Waals surface area contributed by atoms with Crippen LogP contribution in [0.25, 0.3) is 0 Å². The second kappa shape index (κ2) is 6.72. The molecule has 1 aromatic rings. The van der Waals surface area contributed by atoms with Gasteiger partial charge in [-0.2, -0.15) is 0 Å². The predicted molar refractivity (Wildman–Crippen MR) is 77.5 cm³/mol. The Morgan fingerprint density at radius 3 is 2.95 bits per heavy atom. The summed E-state index contributed by atoms with van der Waals surface area (Å²) >= 11 is 0. The van der Waals surface area contributed by atoms with Gasteiger partial charge in [-0.25, -0.2) is 4.79 Å². The van der Waals surface area contributed by atoms with Crippen LogP contribution < -0.4 is 5.73 Å². The van der Waals surface area contributed by atoms with Gasteiger partial charge >= 0.3 is 5.97 Å². The lowest BCUT2D eigenvalue weighted by Crippen LogP contribution is -2.32. The molecule has 1 atom stereocenters. The number of carbonyl (C=O) groups is 1. The molecule has 0 amide bonds. The standard InChI is InChI=1S/C15H22N2O3/c1-19-10-12-4-3-7-17(12)9-11-5-6-14(16)13(8-11)15(18)20-2/h5-6,8,12H,3-4,7,9-10,16H2,1-2H3/t12-/m1/s1. The Kier molecular flexibility index (Phi) is 4.98. The smallest absolute Gasteiger partial charge is 0.339 e. The van der Waals surface area contributed by atoms with Crippen LogP contribution in [0, 0.1) is 0 Å². The zero-order valence-electron chi connectivity index (χ0n) is 12.1. The highest BCUT2D eigenvalue weighted by Gasteiger charge is 2.24. The summed E-state index contributed by atoms with van der Waals surface area (Å²) in [7, 11) is 3.10. The van der Waals surface area contributed by atoms with Crippen LogP contribution in [0.2, 0.25) is 0 Å². The molecule has 110 valence electrons. The molecule has 0 aromatic heterocycles. The van der Waals surface area contributed by atoms with Crippen molar-refractivity contribution in [1.29, 1.82) is 0 Å². The summed E-state index contributed by atoms with van der Waals surface area (Å²) in [5.74, 6) is -0.390. The number of rotatable bonds is 5. The highest BCUT2D eigenvalue weighted by Crippen LogP contribution is 2.22.